The summed E-state index contributed by atoms with van der Waals surface area (Å²) < 4.78 is 0. The molecule has 1 unspecified atom stereocenters. The van der Waals surface area contributed by atoms with Crippen molar-refractivity contribution in [2.45, 2.75) is 25.3 Å². The highest BCUT2D eigenvalue weighted by Crippen LogP contribution is 2.24. The van der Waals surface area contributed by atoms with Gasteiger partial charge in [-0.1, -0.05) is 36.4 Å². The molecule has 1 aromatic carbocycles. The summed E-state index contributed by atoms with van der Waals surface area (Å²) in [6.45, 7) is 10.2. The zero-order valence-corrected chi connectivity index (χ0v) is 20.1. The molecule has 0 aromatic heterocycles. The molecule has 1 atom stereocenters. The lowest BCUT2D eigenvalue weighted by Gasteiger charge is -2.40. The fraction of sp³-hybridized carbons (Fsp3) is 0.591. The molecule has 5 nitrogen and oxygen atoms in total. The first kappa shape index (κ1) is 24.9. The lowest BCUT2D eigenvalue weighted by atomic mass is 10.0. The molecule has 0 spiro atoms. The van der Waals surface area contributed by atoms with E-state index in [1.165, 1.54) is 5.56 Å². The average molecular weight is 499 g/mol. The average Bonchev–Trinajstić information content (AvgIpc) is 2.69. The van der Waals surface area contributed by atoms with Gasteiger partial charge in [-0.05, 0) is 31.9 Å². The Hall–Kier alpha value is -1.12. The highest BCUT2D eigenvalue weighted by molar-refractivity contribution is 14.0. The van der Waals surface area contributed by atoms with Crippen molar-refractivity contribution in [3.8, 4) is 0 Å². The number of hydrogen-bond donors (Lipinski definition) is 1. The van der Waals surface area contributed by atoms with Crippen LogP contribution in [-0.4, -0.2) is 81.1 Å². The van der Waals surface area contributed by atoms with Crippen LogP contribution in [0.4, 0.5) is 0 Å². The Morgan fingerprint density at radius 3 is 2.71 bits per heavy atom. The first-order valence-corrected chi connectivity index (χ1v) is 10.2. The number of aliphatic imine (C=N–C) groups is 1. The number of nitrogens with zero attached hydrogens (tertiary/aromatic N) is 4. The minimum absolute atomic E-state index is 0. The molecule has 1 heterocycles. The number of hydrogen-bond acceptors (Lipinski definition) is 3. The molecule has 1 saturated heterocycles. The second kappa shape index (κ2) is 14.0. The lowest BCUT2D eigenvalue weighted by molar-refractivity contribution is 0.0891. The molecule has 2 rings (SSSR count). The maximum Gasteiger partial charge on any atom is 0.193 e. The van der Waals surface area contributed by atoms with Gasteiger partial charge < -0.3 is 15.1 Å². The van der Waals surface area contributed by atoms with Crippen molar-refractivity contribution in [2.24, 2.45) is 4.99 Å². The second-order valence-corrected chi connectivity index (χ2v) is 7.40. The van der Waals surface area contributed by atoms with Gasteiger partial charge in [0.25, 0.3) is 0 Å². The summed E-state index contributed by atoms with van der Waals surface area (Å²) in [6, 6.07) is 11.4. The topological polar surface area (TPSA) is 34.1 Å². The summed E-state index contributed by atoms with van der Waals surface area (Å²) >= 11 is 0. The summed E-state index contributed by atoms with van der Waals surface area (Å²) in [5.41, 5.74) is 1.43. The largest absolute Gasteiger partial charge is 0.356 e. The van der Waals surface area contributed by atoms with E-state index in [1.54, 1.807) is 0 Å². The van der Waals surface area contributed by atoms with Gasteiger partial charge in [0.1, 0.15) is 0 Å². The highest BCUT2D eigenvalue weighted by Gasteiger charge is 2.25. The molecule has 1 aliphatic heterocycles. The zero-order valence-electron chi connectivity index (χ0n) is 17.8. The Balaban J connectivity index is 0.00000392. The van der Waals surface area contributed by atoms with Gasteiger partial charge in [0.15, 0.2) is 5.96 Å². The molecule has 0 radical (unpaired) electrons. The van der Waals surface area contributed by atoms with Crippen molar-refractivity contribution >= 4 is 29.9 Å². The number of guanidine groups is 1. The van der Waals surface area contributed by atoms with E-state index in [2.05, 4.69) is 76.0 Å². The second-order valence-electron chi connectivity index (χ2n) is 7.40. The molecular weight excluding hydrogens is 461 g/mol. The van der Waals surface area contributed by atoms with E-state index >= 15 is 0 Å². The normalized spacial score (nSPS) is 18.4. The molecule has 0 aliphatic carbocycles. The van der Waals surface area contributed by atoms with E-state index in [0.717, 1.165) is 64.5 Å². The predicted molar refractivity (Wildman–Crippen MR) is 132 cm³/mol. The van der Waals surface area contributed by atoms with Crippen LogP contribution < -0.4 is 5.32 Å². The van der Waals surface area contributed by atoms with Crippen LogP contribution in [0.5, 0.6) is 0 Å². The van der Waals surface area contributed by atoms with Gasteiger partial charge in [0.2, 0.25) is 0 Å². The van der Waals surface area contributed by atoms with Crippen molar-refractivity contribution < 1.29 is 0 Å². The molecule has 1 fully saturated rings. The predicted octanol–water partition coefficient (Wildman–Crippen LogP) is 3.46. The number of likely N-dealkylation sites (N-methyl/N-ethyl adjacent to an activating group) is 1. The quantitative estimate of drug-likeness (QED) is 0.186. The monoisotopic (exact) mass is 499 g/mol. The number of nitrogens with one attached hydrogen (secondary N) is 1. The molecule has 0 bridgehead atoms. The maximum atomic E-state index is 4.41. The molecule has 1 aliphatic rings. The summed E-state index contributed by atoms with van der Waals surface area (Å²) in [5.74, 6) is 0.983. The molecule has 1 aromatic rings. The van der Waals surface area contributed by atoms with Crippen molar-refractivity contribution in [3.63, 3.8) is 0 Å². The van der Waals surface area contributed by atoms with Crippen LogP contribution in [0.3, 0.4) is 0 Å². The van der Waals surface area contributed by atoms with Crippen molar-refractivity contribution in [3.05, 3.63) is 48.6 Å². The fourth-order valence-electron chi connectivity index (χ4n) is 3.66. The van der Waals surface area contributed by atoms with E-state index in [9.17, 15) is 0 Å². The zero-order chi connectivity index (χ0) is 19.5. The van der Waals surface area contributed by atoms with Crippen LogP contribution in [0.2, 0.25) is 0 Å². The van der Waals surface area contributed by atoms with Crippen LogP contribution in [0.1, 0.15) is 30.9 Å². The molecule has 1 N–H and O–H groups in total. The van der Waals surface area contributed by atoms with Crippen molar-refractivity contribution in [1.29, 1.82) is 0 Å². The number of benzene rings is 1. The van der Waals surface area contributed by atoms with Gasteiger partial charge in [-0.3, -0.25) is 9.89 Å². The number of allylic oxidation sites excluding steroid dienone is 1. The van der Waals surface area contributed by atoms with Gasteiger partial charge in [0, 0.05) is 59.4 Å². The van der Waals surface area contributed by atoms with Crippen LogP contribution in [0, 0.1) is 0 Å². The summed E-state index contributed by atoms with van der Waals surface area (Å²) in [7, 11) is 6.18. The summed E-state index contributed by atoms with van der Waals surface area (Å²) in [5, 5.41) is 3.51. The van der Waals surface area contributed by atoms with E-state index in [4.69, 9.17) is 0 Å². The molecule has 6 heteroatoms. The minimum Gasteiger partial charge on any atom is -0.356 e. The summed E-state index contributed by atoms with van der Waals surface area (Å²) in [6.07, 6.45) is 5.25. The van der Waals surface area contributed by atoms with Crippen molar-refractivity contribution in [1.82, 2.24) is 20.0 Å². The first-order valence-electron chi connectivity index (χ1n) is 10.2. The Kier molecular flexibility index (Phi) is 12.4. The van der Waals surface area contributed by atoms with Gasteiger partial charge in [-0.15, -0.1) is 30.6 Å². The molecule has 158 valence electrons. The van der Waals surface area contributed by atoms with E-state index in [-0.39, 0.29) is 24.0 Å². The number of halogens is 1. The van der Waals surface area contributed by atoms with E-state index in [0.29, 0.717) is 6.04 Å². The number of piperazine rings is 1. The number of rotatable bonds is 9. The third-order valence-corrected chi connectivity index (χ3v) is 5.26. The van der Waals surface area contributed by atoms with Crippen LogP contribution in [0.25, 0.3) is 0 Å². The Morgan fingerprint density at radius 2 is 2.04 bits per heavy atom. The highest BCUT2D eigenvalue weighted by atomic mass is 127. The SMILES string of the molecule is C=CCCCN(C)C(=NC)NCCCN1CCN(C)CC1c1ccccc1.I. The van der Waals surface area contributed by atoms with Gasteiger partial charge in [0.05, 0.1) is 0 Å². The minimum atomic E-state index is 0. The van der Waals surface area contributed by atoms with E-state index < -0.39 is 0 Å². The van der Waals surface area contributed by atoms with Gasteiger partial charge in [-0.2, -0.15) is 0 Å². The lowest BCUT2D eigenvalue weighted by Crippen LogP contribution is -2.47. The van der Waals surface area contributed by atoms with E-state index in [1.807, 2.05) is 13.1 Å². The molecule has 0 saturated carbocycles. The first-order chi connectivity index (χ1) is 13.2. The number of unbranched alkanes of at least 4 members (excludes halogenated alkanes) is 1. The van der Waals surface area contributed by atoms with Gasteiger partial charge >= 0.3 is 0 Å². The van der Waals surface area contributed by atoms with Crippen LogP contribution >= 0.6 is 24.0 Å². The summed E-state index contributed by atoms with van der Waals surface area (Å²) in [4.78, 5) is 11.7. The Morgan fingerprint density at radius 1 is 1.29 bits per heavy atom. The maximum absolute atomic E-state index is 4.41. The molecular formula is C22H38IN5. The molecule has 0 amide bonds. The fourth-order valence-corrected chi connectivity index (χ4v) is 3.66. The standard InChI is InChI=1S/C22H37N5.HI/c1-5-6-10-15-26(4)22(23-2)24-14-11-16-27-18-17-25(3)19-21(27)20-12-8-7-9-13-20;/h5,7-9,12-13,21H,1,6,10-11,14-19H2,2-4H3,(H,23,24);1H. The third kappa shape index (κ3) is 8.09. The third-order valence-electron chi connectivity index (χ3n) is 5.26. The van der Waals surface area contributed by atoms with Crippen LogP contribution in [-0.2, 0) is 0 Å². The smallest absolute Gasteiger partial charge is 0.193 e. The van der Waals surface area contributed by atoms with Crippen LogP contribution in [0.15, 0.2) is 48.0 Å². The van der Waals surface area contributed by atoms with Gasteiger partial charge in [-0.25, -0.2) is 0 Å². The Labute approximate surface area is 188 Å². The van der Waals surface area contributed by atoms with Crippen molar-refractivity contribution in [2.75, 3.05) is 60.4 Å². The Bertz CT molecular complexity index is 578. The molecule has 28 heavy (non-hydrogen) atoms.